The van der Waals surface area contributed by atoms with E-state index in [1.807, 2.05) is 18.7 Å². The summed E-state index contributed by atoms with van der Waals surface area (Å²) in [6, 6.07) is 0. The molecule has 0 radical (unpaired) electrons. The van der Waals surface area contributed by atoms with Crippen LogP contribution in [0.25, 0.3) is 0 Å². The highest BCUT2D eigenvalue weighted by molar-refractivity contribution is 6.27. The number of hydrogen-bond donors (Lipinski definition) is 2. The first-order valence-electron chi connectivity index (χ1n) is 4.49. The molecule has 0 aliphatic carbocycles. The van der Waals surface area contributed by atoms with E-state index in [1.54, 1.807) is 0 Å². The van der Waals surface area contributed by atoms with Crippen LogP contribution in [-0.4, -0.2) is 31.7 Å². The number of aryl methyl sites for hydroxylation is 1. The van der Waals surface area contributed by atoms with Crippen molar-refractivity contribution in [1.82, 2.24) is 9.55 Å². The van der Waals surface area contributed by atoms with E-state index in [9.17, 15) is 0 Å². The van der Waals surface area contributed by atoms with Crippen molar-refractivity contribution in [2.45, 2.75) is 26.3 Å². The van der Waals surface area contributed by atoms with E-state index in [2.05, 4.69) is 16.5 Å². The number of aliphatic carboxylic acids is 2. The molecule has 0 aliphatic heterocycles. The van der Waals surface area contributed by atoms with Crippen molar-refractivity contribution in [1.29, 1.82) is 0 Å². The molecule has 0 unspecified atom stereocenters. The standard InChI is InChI=1S/C7H12N2.C2H2O4/c1-2-3-5-9-6-4-8-7-9;3-1(4)2(5)6/h4,6-7H,2-3,5H2,1H3;(H,3,4)(H,5,6). The number of hydrogen-bond acceptors (Lipinski definition) is 3. The Hall–Kier alpha value is -1.85. The topological polar surface area (TPSA) is 92.4 Å². The maximum absolute atomic E-state index is 9.10. The fourth-order valence-corrected chi connectivity index (χ4v) is 0.760. The van der Waals surface area contributed by atoms with Crippen molar-refractivity contribution in [2.24, 2.45) is 0 Å². The maximum atomic E-state index is 9.10. The molecule has 1 rings (SSSR count). The minimum atomic E-state index is -1.82. The van der Waals surface area contributed by atoms with Gasteiger partial charge in [-0.15, -0.1) is 0 Å². The van der Waals surface area contributed by atoms with Crippen molar-refractivity contribution in [3.05, 3.63) is 18.7 Å². The van der Waals surface area contributed by atoms with E-state index in [4.69, 9.17) is 19.8 Å². The summed E-state index contributed by atoms with van der Waals surface area (Å²) < 4.78 is 2.10. The van der Waals surface area contributed by atoms with Gasteiger partial charge < -0.3 is 14.8 Å². The number of aromatic nitrogens is 2. The predicted octanol–water partition coefficient (Wildman–Crippen LogP) is 0.839. The highest BCUT2D eigenvalue weighted by Gasteiger charge is 2.04. The molecule has 0 spiro atoms. The van der Waals surface area contributed by atoms with E-state index < -0.39 is 11.9 Å². The fraction of sp³-hybridized carbons (Fsp3) is 0.444. The van der Waals surface area contributed by atoms with Crippen molar-refractivity contribution in [3.8, 4) is 0 Å². The number of imidazole rings is 1. The summed E-state index contributed by atoms with van der Waals surface area (Å²) in [4.78, 5) is 22.1. The average molecular weight is 214 g/mol. The fourth-order valence-electron chi connectivity index (χ4n) is 0.760. The maximum Gasteiger partial charge on any atom is 0.414 e. The van der Waals surface area contributed by atoms with Gasteiger partial charge in [-0.2, -0.15) is 0 Å². The Bertz CT molecular complexity index is 283. The van der Waals surface area contributed by atoms with Gasteiger partial charge in [-0.25, -0.2) is 14.6 Å². The van der Waals surface area contributed by atoms with E-state index in [0.717, 1.165) is 6.54 Å². The second kappa shape index (κ2) is 7.54. The molecule has 0 saturated heterocycles. The molecule has 0 saturated carbocycles. The number of carboxylic acids is 2. The number of carboxylic acid groups (broad SMARTS) is 2. The lowest BCUT2D eigenvalue weighted by Crippen LogP contribution is -2.09. The Morgan fingerprint density at radius 2 is 1.93 bits per heavy atom. The van der Waals surface area contributed by atoms with Crippen LogP contribution >= 0.6 is 0 Å². The highest BCUT2D eigenvalue weighted by atomic mass is 16.4. The van der Waals surface area contributed by atoms with Gasteiger partial charge in [0.25, 0.3) is 0 Å². The minimum Gasteiger partial charge on any atom is -0.473 e. The van der Waals surface area contributed by atoms with Crippen LogP contribution < -0.4 is 0 Å². The number of nitrogens with zero attached hydrogens (tertiary/aromatic N) is 2. The van der Waals surface area contributed by atoms with Crippen molar-refractivity contribution in [3.63, 3.8) is 0 Å². The number of carbonyl (C=O) groups is 2. The molecule has 0 fully saturated rings. The van der Waals surface area contributed by atoms with Crippen LogP contribution in [0.4, 0.5) is 0 Å². The summed E-state index contributed by atoms with van der Waals surface area (Å²) >= 11 is 0. The Kier molecular flexibility index (Phi) is 6.61. The van der Waals surface area contributed by atoms with Crippen molar-refractivity contribution >= 4 is 11.9 Å². The molecule has 84 valence electrons. The summed E-state index contributed by atoms with van der Waals surface area (Å²) in [6.45, 7) is 3.30. The summed E-state index contributed by atoms with van der Waals surface area (Å²) in [7, 11) is 0. The van der Waals surface area contributed by atoms with Crippen LogP contribution in [0, 0.1) is 0 Å². The Labute approximate surface area is 87.2 Å². The van der Waals surface area contributed by atoms with Gasteiger partial charge in [0, 0.05) is 18.9 Å². The first kappa shape index (κ1) is 13.2. The first-order valence-corrected chi connectivity index (χ1v) is 4.49. The van der Waals surface area contributed by atoms with Crippen LogP contribution in [0.3, 0.4) is 0 Å². The molecule has 0 bridgehead atoms. The SMILES string of the molecule is CCCCn1ccnc1.O=C(O)C(=O)O. The molecule has 0 aromatic carbocycles. The third-order valence-electron chi connectivity index (χ3n) is 1.51. The van der Waals surface area contributed by atoms with E-state index in [0.29, 0.717) is 0 Å². The smallest absolute Gasteiger partial charge is 0.414 e. The van der Waals surface area contributed by atoms with Gasteiger partial charge in [-0.1, -0.05) is 13.3 Å². The lowest BCUT2D eigenvalue weighted by Gasteiger charge is -1.96. The van der Waals surface area contributed by atoms with Gasteiger partial charge in [0.15, 0.2) is 0 Å². The Morgan fingerprint density at radius 1 is 1.33 bits per heavy atom. The summed E-state index contributed by atoms with van der Waals surface area (Å²) in [5.41, 5.74) is 0. The summed E-state index contributed by atoms with van der Waals surface area (Å²) in [5.74, 6) is -3.65. The number of unbranched alkanes of at least 4 members (excludes halogenated alkanes) is 1. The van der Waals surface area contributed by atoms with Crippen LogP contribution in [0.5, 0.6) is 0 Å². The third-order valence-corrected chi connectivity index (χ3v) is 1.51. The summed E-state index contributed by atoms with van der Waals surface area (Å²) in [5, 5.41) is 14.8. The highest BCUT2D eigenvalue weighted by Crippen LogP contribution is 1.92. The molecule has 2 N–H and O–H groups in total. The van der Waals surface area contributed by atoms with E-state index in [-0.39, 0.29) is 0 Å². The van der Waals surface area contributed by atoms with E-state index >= 15 is 0 Å². The van der Waals surface area contributed by atoms with Crippen LogP contribution in [0.1, 0.15) is 19.8 Å². The second-order valence-electron chi connectivity index (χ2n) is 2.76. The molecule has 1 heterocycles. The molecule has 6 nitrogen and oxygen atoms in total. The van der Waals surface area contributed by atoms with Gasteiger partial charge >= 0.3 is 11.9 Å². The largest absolute Gasteiger partial charge is 0.473 e. The molecule has 1 aromatic heterocycles. The molecule has 6 heteroatoms. The zero-order valence-corrected chi connectivity index (χ0v) is 8.46. The van der Waals surface area contributed by atoms with Crippen molar-refractivity contribution < 1.29 is 19.8 Å². The summed E-state index contributed by atoms with van der Waals surface area (Å²) in [6.07, 6.45) is 8.16. The molecule has 1 aromatic rings. The lowest BCUT2D eigenvalue weighted by molar-refractivity contribution is -0.159. The minimum absolute atomic E-state index is 1.11. The lowest BCUT2D eigenvalue weighted by atomic mass is 10.3. The van der Waals surface area contributed by atoms with Crippen LogP contribution in [-0.2, 0) is 16.1 Å². The number of rotatable bonds is 3. The Morgan fingerprint density at radius 3 is 2.27 bits per heavy atom. The van der Waals surface area contributed by atoms with Gasteiger partial charge in [0.05, 0.1) is 6.33 Å². The first-order chi connectivity index (χ1) is 7.07. The molecular weight excluding hydrogens is 200 g/mol. The predicted molar refractivity (Wildman–Crippen MR) is 52.4 cm³/mol. The molecule has 0 amide bonds. The van der Waals surface area contributed by atoms with E-state index in [1.165, 1.54) is 12.8 Å². The Balaban J connectivity index is 0.000000288. The van der Waals surface area contributed by atoms with Gasteiger partial charge in [0.2, 0.25) is 0 Å². The normalized spacial score (nSPS) is 8.87. The third kappa shape index (κ3) is 7.24. The zero-order chi connectivity index (χ0) is 11.7. The van der Waals surface area contributed by atoms with Crippen molar-refractivity contribution in [2.75, 3.05) is 0 Å². The van der Waals surface area contributed by atoms with Crippen LogP contribution in [0.15, 0.2) is 18.7 Å². The average Bonchev–Trinajstić information content (AvgIpc) is 2.68. The molecule has 0 aliphatic rings. The quantitative estimate of drug-likeness (QED) is 0.727. The second-order valence-corrected chi connectivity index (χ2v) is 2.76. The molecule has 15 heavy (non-hydrogen) atoms. The van der Waals surface area contributed by atoms with Crippen LogP contribution in [0.2, 0.25) is 0 Å². The van der Waals surface area contributed by atoms with Gasteiger partial charge in [0.1, 0.15) is 0 Å². The monoisotopic (exact) mass is 214 g/mol. The zero-order valence-electron chi connectivity index (χ0n) is 8.46. The van der Waals surface area contributed by atoms with Gasteiger partial charge in [-0.3, -0.25) is 0 Å². The molecular formula is C9H14N2O4. The molecule has 0 atom stereocenters. The van der Waals surface area contributed by atoms with Gasteiger partial charge in [-0.05, 0) is 6.42 Å².